The van der Waals surface area contributed by atoms with Crippen molar-refractivity contribution in [3.05, 3.63) is 30.3 Å². The van der Waals surface area contributed by atoms with Gasteiger partial charge in [-0.05, 0) is 22.4 Å². The summed E-state index contributed by atoms with van der Waals surface area (Å²) in [7, 11) is 3.56. The average molecular weight is 344 g/mol. The van der Waals surface area contributed by atoms with Gasteiger partial charge < -0.3 is 19.7 Å². The molecule has 3 rings (SSSR count). The Morgan fingerprint density at radius 2 is 1.84 bits per heavy atom. The Morgan fingerprint density at radius 3 is 2.60 bits per heavy atom. The van der Waals surface area contributed by atoms with Crippen molar-refractivity contribution in [3.63, 3.8) is 0 Å². The first kappa shape index (κ1) is 16.9. The van der Waals surface area contributed by atoms with Gasteiger partial charge in [-0.25, -0.2) is 14.6 Å². The van der Waals surface area contributed by atoms with E-state index in [1.54, 1.807) is 7.11 Å². The predicted molar refractivity (Wildman–Crippen MR) is 93.0 cm³/mol. The number of nitrogens with one attached hydrogen (secondary N) is 1. The van der Waals surface area contributed by atoms with Gasteiger partial charge in [0.1, 0.15) is 12.4 Å². The van der Waals surface area contributed by atoms with Crippen LogP contribution in [0.25, 0.3) is 11.3 Å². The minimum atomic E-state index is 0.359. The fourth-order valence-corrected chi connectivity index (χ4v) is 2.21. The van der Waals surface area contributed by atoms with Crippen molar-refractivity contribution < 1.29 is 14.1 Å². The Morgan fingerprint density at radius 1 is 1.08 bits per heavy atom. The molecule has 0 unspecified atom stereocenters. The van der Waals surface area contributed by atoms with Crippen molar-refractivity contribution in [2.75, 3.05) is 50.7 Å². The zero-order valence-corrected chi connectivity index (χ0v) is 14.2. The minimum absolute atomic E-state index is 0.359. The van der Waals surface area contributed by atoms with Gasteiger partial charge in [-0.1, -0.05) is 18.2 Å². The van der Waals surface area contributed by atoms with Crippen LogP contribution < -0.4 is 15.0 Å². The summed E-state index contributed by atoms with van der Waals surface area (Å²) in [5, 5.41) is 10.7. The van der Waals surface area contributed by atoms with Crippen LogP contribution in [0.15, 0.2) is 35.0 Å². The standard InChI is InChI=1S/C16H20N6O3/c1-22(9-11-24-12-6-4-3-5-7-12)16-15(17-8-10-23-2)18-13-14(19-16)21-25-20-13/h3-7H,8-11H2,1-2H3,(H,17,18,20). The number of rotatable bonds is 9. The van der Waals surface area contributed by atoms with Crippen molar-refractivity contribution in [1.82, 2.24) is 20.3 Å². The number of methoxy groups -OCH3 is 1. The summed E-state index contributed by atoms with van der Waals surface area (Å²) in [4.78, 5) is 10.8. The van der Waals surface area contributed by atoms with Gasteiger partial charge >= 0.3 is 0 Å². The van der Waals surface area contributed by atoms with Gasteiger partial charge in [0.25, 0.3) is 0 Å². The van der Waals surface area contributed by atoms with Crippen molar-refractivity contribution in [2.24, 2.45) is 0 Å². The van der Waals surface area contributed by atoms with Crippen LogP contribution in [0.2, 0.25) is 0 Å². The maximum Gasteiger partial charge on any atom is 0.245 e. The summed E-state index contributed by atoms with van der Waals surface area (Å²) < 4.78 is 15.5. The Labute approximate surface area is 144 Å². The number of likely N-dealkylation sites (N-methyl/N-ethyl adjacent to an activating group) is 1. The third kappa shape index (κ3) is 4.32. The molecule has 0 saturated carbocycles. The SMILES string of the molecule is COCCNc1nc2nonc2nc1N(C)CCOc1ccccc1. The predicted octanol–water partition coefficient (Wildman–Crippen LogP) is 1.59. The van der Waals surface area contributed by atoms with Crippen LogP contribution in [0.4, 0.5) is 11.6 Å². The minimum Gasteiger partial charge on any atom is -0.492 e. The molecule has 3 aromatic rings. The van der Waals surface area contributed by atoms with Gasteiger partial charge in [0.05, 0.1) is 13.2 Å². The van der Waals surface area contributed by atoms with E-state index in [1.165, 1.54) is 0 Å². The molecule has 0 spiro atoms. The summed E-state index contributed by atoms with van der Waals surface area (Å²) >= 11 is 0. The van der Waals surface area contributed by atoms with Gasteiger partial charge in [-0.15, -0.1) is 0 Å². The molecular formula is C16H20N6O3. The van der Waals surface area contributed by atoms with E-state index in [2.05, 4.69) is 25.6 Å². The van der Waals surface area contributed by atoms with Gasteiger partial charge in [0.2, 0.25) is 11.3 Å². The molecule has 0 saturated heterocycles. The molecule has 0 atom stereocenters. The third-order valence-corrected chi connectivity index (χ3v) is 3.49. The van der Waals surface area contributed by atoms with E-state index in [0.717, 1.165) is 5.75 Å². The molecule has 0 aliphatic carbocycles. The molecule has 1 N–H and O–H groups in total. The van der Waals surface area contributed by atoms with E-state index in [-0.39, 0.29) is 0 Å². The van der Waals surface area contributed by atoms with Crippen molar-refractivity contribution in [1.29, 1.82) is 0 Å². The first-order chi connectivity index (χ1) is 12.3. The summed E-state index contributed by atoms with van der Waals surface area (Å²) in [6.45, 7) is 2.29. The van der Waals surface area contributed by atoms with Crippen molar-refractivity contribution in [3.8, 4) is 5.75 Å². The number of hydrogen-bond acceptors (Lipinski definition) is 9. The average Bonchev–Trinajstić information content (AvgIpc) is 3.09. The molecule has 2 aromatic heterocycles. The summed E-state index contributed by atoms with van der Waals surface area (Å²) in [5.74, 6) is 2.08. The Bertz CT molecular complexity index is 795. The summed E-state index contributed by atoms with van der Waals surface area (Å²) in [6.07, 6.45) is 0. The highest BCUT2D eigenvalue weighted by Gasteiger charge is 2.16. The lowest BCUT2D eigenvalue weighted by Gasteiger charge is -2.20. The number of hydrogen-bond donors (Lipinski definition) is 1. The lowest BCUT2D eigenvalue weighted by molar-refractivity contribution is 0.210. The van der Waals surface area contributed by atoms with E-state index < -0.39 is 0 Å². The molecule has 25 heavy (non-hydrogen) atoms. The fourth-order valence-electron chi connectivity index (χ4n) is 2.21. The topological polar surface area (TPSA) is 98.4 Å². The normalized spacial score (nSPS) is 10.8. The maximum atomic E-state index is 5.73. The van der Waals surface area contributed by atoms with Crippen molar-refractivity contribution >= 4 is 22.9 Å². The van der Waals surface area contributed by atoms with Crippen LogP contribution in [-0.4, -0.2) is 60.7 Å². The highest BCUT2D eigenvalue weighted by Crippen LogP contribution is 2.22. The van der Waals surface area contributed by atoms with Crippen LogP contribution in [0.3, 0.4) is 0 Å². The van der Waals surface area contributed by atoms with E-state index in [9.17, 15) is 0 Å². The molecule has 0 bridgehead atoms. The lowest BCUT2D eigenvalue weighted by atomic mass is 10.3. The Balaban J connectivity index is 1.69. The van der Waals surface area contributed by atoms with Gasteiger partial charge in [-0.2, -0.15) is 0 Å². The molecule has 132 valence electrons. The van der Waals surface area contributed by atoms with E-state index in [0.29, 0.717) is 49.2 Å². The number of benzene rings is 1. The van der Waals surface area contributed by atoms with Crippen LogP contribution in [-0.2, 0) is 4.74 Å². The monoisotopic (exact) mass is 344 g/mol. The second-order valence-corrected chi connectivity index (χ2v) is 5.31. The quantitative estimate of drug-likeness (QED) is 0.580. The number of anilines is 2. The second kappa shape index (κ2) is 8.25. The summed E-state index contributed by atoms with van der Waals surface area (Å²) in [5.41, 5.74) is 0.723. The molecule has 0 aliphatic rings. The fraction of sp³-hybridized carbons (Fsp3) is 0.375. The highest BCUT2D eigenvalue weighted by molar-refractivity contribution is 5.73. The Hall–Kier alpha value is -2.94. The molecule has 0 radical (unpaired) electrons. The molecule has 2 heterocycles. The first-order valence-corrected chi connectivity index (χ1v) is 7.90. The third-order valence-electron chi connectivity index (χ3n) is 3.49. The molecule has 9 heteroatoms. The highest BCUT2D eigenvalue weighted by atomic mass is 16.6. The number of para-hydroxylation sites is 1. The first-order valence-electron chi connectivity index (χ1n) is 7.90. The summed E-state index contributed by atoms with van der Waals surface area (Å²) in [6, 6.07) is 9.67. The number of ether oxygens (including phenoxy) is 2. The van der Waals surface area contributed by atoms with E-state index in [4.69, 9.17) is 14.1 Å². The zero-order chi connectivity index (χ0) is 17.5. The molecule has 9 nitrogen and oxygen atoms in total. The maximum absolute atomic E-state index is 5.73. The number of aromatic nitrogens is 4. The van der Waals surface area contributed by atoms with Crippen molar-refractivity contribution in [2.45, 2.75) is 0 Å². The van der Waals surface area contributed by atoms with Crippen LogP contribution in [0, 0.1) is 0 Å². The molecule has 1 aromatic carbocycles. The molecular weight excluding hydrogens is 324 g/mol. The smallest absolute Gasteiger partial charge is 0.245 e. The molecule has 0 amide bonds. The number of fused-ring (bicyclic) bond motifs is 1. The van der Waals surface area contributed by atoms with Gasteiger partial charge in [0, 0.05) is 20.7 Å². The molecule has 0 fully saturated rings. The largest absolute Gasteiger partial charge is 0.492 e. The second-order valence-electron chi connectivity index (χ2n) is 5.31. The van der Waals surface area contributed by atoms with Crippen LogP contribution in [0.5, 0.6) is 5.75 Å². The number of nitrogens with zero attached hydrogens (tertiary/aromatic N) is 5. The lowest BCUT2D eigenvalue weighted by Crippen LogP contribution is -2.26. The van der Waals surface area contributed by atoms with Crippen LogP contribution >= 0.6 is 0 Å². The van der Waals surface area contributed by atoms with Gasteiger partial charge in [-0.3, -0.25) is 0 Å². The van der Waals surface area contributed by atoms with Gasteiger partial charge in [0.15, 0.2) is 11.6 Å². The Kier molecular flexibility index (Phi) is 5.57. The molecule has 0 aliphatic heterocycles. The van der Waals surface area contributed by atoms with E-state index >= 15 is 0 Å². The van der Waals surface area contributed by atoms with E-state index in [1.807, 2.05) is 42.3 Å². The zero-order valence-electron chi connectivity index (χ0n) is 14.2. The van der Waals surface area contributed by atoms with Crippen LogP contribution in [0.1, 0.15) is 0 Å².